The Kier molecular flexibility index (Phi) is 5.44. The number of hydrogen-bond donors (Lipinski definition) is 2. The number of nitrogens with one attached hydrogen (secondary N) is 1. The van der Waals surface area contributed by atoms with Crippen LogP contribution in [0.1, 0.15) is 12.5 Å². The van der Waals surface area contributed by atoms with Crippen molar-refractivity contribution in [1.82, 2.24) is 5.43 Å². The van der Waals surface area contributed by atoms with Gasteiger partial charge >= 0.3 is 6.03 Å². The van der Waals surface area contributed by atoms with Crippen LogP contribution in [0.4, 0.5) is 4.79 Å². The Hall–Kier alpha value is -1.76. The fourth-order valence-electron chi connectivity index (χ4n) is 1.24. The van der Waals surface area contributed by atoms with Gasteiger partial charge in [0.15, 0.2) is 11.5 Å². The molecule has 0 spiro atoms. The highest BCUT2D eigenvalue weighted by Crippen LogP contribution is 2.32. The van der Waals surface area contributed by atoms with Gasteiger partial charge in [-0.05, 0) is 35.0 Å². The monoisotopic (exact) mass is 315 g/mol. The van der Waals surface area contributed by atoms with Crippen molar-refractivity contribution in [3.8, 4) is 11.5 Å². The van der Waals surface area contributed by atoms with Crippen molar-refractivity contribution >= 4 is 28.2 Å². The van der Waals surface area contributed by atoms with E-state index >= 15 is 0 Å². The molecule has 18 heavy (non-hydrogen) atoms. The maximum atomic E-state index is 10.5. The van der Waals surface area contributed by atoms with Gasteiger partial charge < -0.3 is 15.2 Å². The Bertz CT molecular complexity index is 463. The van der Waals surface area contributed by atoms with Gasteiger partial charge in [0.05, 0.1) is 19.9 Å². The quantitative estimate of drug-likeness (QED) is 0.642. The molecule has 0 aliphatic carbocycles. The number of methoxy groups -OCH3 is 1. The van der Waals surface area contributed by atoms with Crippen molar-refractivity contribution in [1.29, 1.82) is 0 Å². The lowest BCUT2D eigenvalue weighted by Crippen LogP contribution is -2.24. The third-order valence-corrected chi connectivity index (χ3v) is 2.65. The Morgan fingerprint density at radius 3 is 2.83 bits per heavy atom. The minimum absolute atomic E-state index is 0.522. The number of urea groups is 1. The molecule has 0 saturated heterocycles. The zero-order chi connectivity index (χ0) is 13.5. The number of halogens is 1. The summed E-state index contributed by atoms with van der Waals surface area (Å²) >= 11 is 3.37. The first-order chi connectivity index (χ1) is 8.58. The maximum Gasteiger partial charge on any atom is 0.332 e. The lowest BCUT2D eigenvalue weighted by Gasteiger charge is -2.11. The third kappa shape index (κ3) is 3.92. The third-order valence-electron chi connectivity index (χ3n) is 1.96. The average Bonchev–Trinajstić information content (AvgIpc) is 2.32. The van der Waals surface area contributed by atoms with Crippen LogP contribution in [0.5, 0.6) is 11.5 Å². The van der Waals surface area contributed by atoms with Crippen LogP contribution in [0.15, 0.2) is 21.7 Å². The molecule has 0 fully saturated rings. The molecule has 7 heteroatoms. The normalized spacial score (nSPS) is 10.4. The van der Waals surface area contributed by atoms with E-state index in [0.717, 1.165) is 10.0 Å². The SMILES string of the molecule is CCOc1cc(/C=N/NC(N)=O)c(Br)cc1OC. The fraction of sp³-hybridized carbons (Fsp3) is 0.273. The van der Waals surface area contributed by atoms with E-state index in [1.165, 1.54) is 6.21 Å². The summed E-state index contributed by atoms with van der Waals surface area (Å²) in [6, 6.07) is 2.79. The molecule has 0 aliphatic heterocycles. The second-order valence-electron chi connectivity index (χ2n) is 3.19. The molecule has 0 atom stereocenters. The zero-order valence-electron chi connectivity index (χ0n) is 10.1. The van der Waals surface area contributed by atoms with Crippen LogP contribution in [-0.2, 0) is 0 Å². The number of amides is 2. The topological polar surface area (TPSA) is 85.9 Å². The van der Waals surface area contributed by atoms with Crippen molar-refractivity contribution in [3.05, 3.63) is 22.2 Å². The van der Waals surface area contributed by atoms with E-state index < -0.39 is 6.03 Å². The number of nitrogens with two attached hydrogens (primary N) is 1. The molecule has 0 aromatic heterocycles. The highest BCUT2D eigenvalue weighted by atomic mass is 79.9. The van der Waals surface area contributed by atoms with Crippen molar-refractivity contribution in [2.75, 3.05) is 13.7 Å². The number of rotatable bonds is 5. The van der Waals surface area contributed by atoms with Crippen molar-refractivity contribution in [2.24, 2.45) is 10.8 Å². The molecule has 98 valence electrons. The van der Waals surface area contributed by atoms with Crippen LogP contribution >= 0.6 is 15.9 Å². The van der Waals surface area contributed by atoms with Crippen LogP contribution in [0, 0.1) is 0 Å². The molecular formula is C11H14BrN3O3. The van der Waals surface area contributed by atoms with Crippen LogP contribution < -0.4 is 20.6 Å². The summed E-state index contributed by atoms with van der Waals surface area (Å²) in [4.78, 5) is 10.5. The van der Waals surface area contributed by atoms with Gasteiger partial charge in [0.2, 0.25) is 0 Å². The van der Waals surface area contributed by atoms with E-state index in [1.54, 1.807) is 19.2 Å². The molecule has 3 N–H and O–H groups in total. The van der Waals surface area contributed by atoms with Crippen LogP contribution in [0.25, 0.3) is 0 Å². The summed E-state index contributed by atoms with van der Waals surface area (Å²) in [6.07, 6.45) is 1.46. The molecular weight excluding hydrogens is 302 g/mol. The largest absolute Gasteiger partial charge is 0.493 e. The van der Waals surface area contributed by atoms with E-state index in [4.69, 9.17) is 15.2 Å². The molecule has 1 rings (SSSR count). The predicted octanol–water partition coefficient (Wildman–Crippen LogP) is 1.86. The summed E-state index contributed by atoms with van der Waals surface area (Å²) in [6.45, 7) is 2.40. The number of hydrogen-bond acceptors (Lipinski definition) is 4. The minimum atomic E-state index is -0.721. The standard InChI is InChI=1S/C11H14BrN3O3/c1-3-18-10-4-7(6-14-15-11(13)16)8(12)5-9(10)17-2/h4-6H,3H2,1-2H3,(H3,13,15,16)/b14-6+. The first-order valence-corrected chi connectivity index (χ1v) is 5.96. The Morgan fingerprint density at radius 2 is 2.28 bits per heavy atom. The van der Waals surface area contributed by atoms with Crippen molar-refractivity contribution in [2.45, 2.75) is 6.92 Å². The van der Waals surface area contributed by atoms with Gasteiger partial charge in [-0.1, -0.05) is 0 Å². The van der Waals surface area contributed by atoms with Crippen LogP contribution in [0.2, 0.25) is 0 Å². The summed E-state index contributed by atoms with van der Waals surface area (Å²) < 4.78 is 11.4. The predicted molar refractivity (Wildman–Crippen MR) is 72.2 cm³/mol. The van der Waals surface area contributed by atoms with Gasteiger partial charge in [0.1, 0.15) is 0 Å². The molecule has 1 aromatic carbocycles. The van der Waals surface area contributed by atoms with E-state index in [0.29, 0.717) is 18.1 Å². The summed E-state index contributed by atoms with van der Waals surface area (Å²) in [5, 5.41) is 3.68. The average molecular weight is 316 g/mol. The number of carbonyl (C=O) groups is 1. The number of primary amides is 1. The van der Waals surface area contributed by atoms with E-state index in [1.807, 2.05) is 6.92 Å². The smallest absolute Gasteiger partial charge is 0.332 e. The van der Waals surface area contributed by atoms with Gasteiger partial charge in [-0.3, -0.25) is 0 Å². The molecule has 6 nitrogen and oxygen atoms in total. The molecule has 1 aromatic rings. The highest BCUT2D eigenvalue weighted by molar-refractivity contribution is 9.10. The Labute approximate surface area is 113 Å². The molecule has 0 saturated carbocycles. The summed E-state index contributed by atoms with van der Waals surface area (Å²) in [5.41, 5.74) is 7.74. The van der Waals surface area contributed by atoms with Gasteiger partial charge in [-0.15, -0.1) is 0 Å². The van der Waals surface area contributed by atoms with E-state index in [-0.39, 0.29) is 0 Å². The first-order valence-electron chi connectivity index (χ1n) is 5.17. The number of hydrazone groups is 1. The molecule has 0 radical (unpaired) electrons. The highest BCUT2D eigenvalue weighted by Gasteiger charge is 2.08. The fourth-order valence-corrected chi connectivity index (χ4v) is 1.67. The molecule has 0 bridgehead atoms. The van der Waals surface area contributed by atoms with E-state index in [2.05, 4.69) is 26.5 Å². The molecule has 0 heterocycles. The number of nitrogens with zero attached hydrogens (tertiary/aromatic N) is 1. The lowest BCUT2D eigenvalue weighted by molar-refractivity contribution is 0.249. The maximum absolute atomic E-state index is 10.5. The molecule has 0 aliphatic rings. The first kappa shape index (κ1) is 14.3. The Balaban J connectivity index is 3.01. The second-order valence-corrected chi connectivity index (χ2v) is 4.05. The van der Waals surface area contributed by atoms with Crippen LogP contribution in [-0.4, -0.2) is 26.0 Å². The van der Waals surface area contributed by atoms with Crippen molar-refractivity contribution in [3.63, 3.8) is 0 Å². The van der Waals surface area contributed by atoms with E-state index in [9.17, 15) is 4.79 Å². The van der Waals surface area contributed by atoms with Gasteiger partial charge in [-0.2, -0.15) is 5.10 Å². The molecule has 2 amide bonds. The number of carbonyl (C=O) groups excluding carboxylic acids is 1. The lowest BCUT2D eigenvalue weighted by atomic mass is 10.2. The van der Waals surface area contributed by atoms with Gasteiger partial charge in [0.25, 0.3) is 0 Å². The van der Waals surface area contributed by atoms with Gasteiger partial charge in [-0.25, -0.2) is 10.2 Å². The second kappa shape index (κ2) is 6.85. The number of ether oxygens (including phenoxy) is 2. The molecule has 0 unspecified atom stereocenters. The van der Waals surface area contributed by atoms with Crippen LogP contribution in [0.3, 0.4) is 0 Å². The Morgan fingerprint density at radius 1 is 1.56 bits per heavy atom. The zero-order valence-corrected chi connectivity index (χ0v) is 11.7. The summed E-state index contributed by atoms with van der Waals surface area (Å²) in [7, 11) is 1.56. The summed E-state index contributed by atoms with van der Waals surface area (Å²) in [5.74, 6) is 1.22. The van der Waals surface area contributed by atoms with Crippen molar-refractivity contribution < 1.29 is 14.3 Å². The minimum Gasteiger partial charge on any atom is -0.493 e. The van der Waals surface area contributed by atoms with Gasteiger partial charge in [0, 0.05) is 10.0 Å². The number of benzene rings is 1.